The molecular weight excluding hydrogens is 429 g/mol. The molecule has 1 amide bonds. The molecule has 0 unspecified atom stereocenters. The molecule has 1 aromatic rings. The number of carbonyl (C=O) groups excluding carboxylic acids is 1. The molecule has 0 aliphatic heterocycles. The molecule has 1 aromatic heterocycles. The Morgan fingerprint density at radius 3 is 2.57 bits per heavy atom. The fourth-order valence-corrected chi connectivity index (χ4v) is 2.07. The van der Waals surface area contributed by atoms with E-state index in [1.54, 1.807) is 19.3 Å². The summed E-state index contributed by atoms with van der Waals surface area (Å²) in [5, 5.41) is 9.80. The maximum atomic E-state index is 11.5. The summed E-state index contributed by atoms with van der Waals surface area (Å²) in [7, 11) is 1.72. The number of aromatic nitrogens is 1. The molecule has 0 spiro atoms. The van der Waals surface area contributed by atoms with Gasteiger partial charge in [-0.3, -0.25) is 9.79 Å². The molecule has 2 rings (SSSR count). The fourth-order valence-electron chi connectivity index (χ4n) is 1.96. The molecule has 1 fully saturated rings. The highest BCUT2D eigenvalue weighted by atomic mass is 127. The predicted octanol–water partition coefficient (Wildman–Crippen LogP) is 1.59. The van der Waals surface area contributed by atoms with Crippen LogP contribution in [0.5, 0.6) is 0 Å². The SMILES string of the molecule is CN=C(NCCNC(=O)C1CC1)NCCc1ccc(Cl)nc1.I. The van der Waals surface area contributed by atoms with Gasteiger partial charge in [0.1, 0.15) is 5.15 Å². The summed E-state index contributed by atoms with van der Waals surface area (Å²) in [6.45, 7) is 2.01. The first-order chi connectivity index (χ1) is 10.7. The van der Waals surface area contributed by atoms with Gasteiger partial charge >= 0.3 is 0 Å². The Morgan fingerprint density at radius 2 is 1.96 bits per heavy atom. The van der Waals surface area contributed by atoms with E-state index in [1.807, 2.05) is 6.07 Å². The van der Waals surface area contributed by atoms with Crippen molar-refractivity contribution in [1.82, 2.24) is 20.9 Å². The van der Waals surface area contributed by atoms with Crippen LogP contribution in [0.3, 0.4) is 0 Å². The number of nitrogens with zero attached hydrogens (tertiary/aromatic N) is 2. The van der Waals surface area contributed by atoms with Crippen LogP contribution in [0, 0.1) is 5.92 Å². The van der Waals surface area contributed by atoms with Crippen LogP contribution in [0.4, 0.5) is 0 Å². The van der Waals surface area contributed by atoms with Gasteiger partial charge in [-0.25, -0.2) is 4.98 Å². The van der Waals surface area contributed by atoms with Gasteiger partial charge in [-0.15, -0.1) is 24.0 Å². The van der Waals surface area contributed by atoms with Gasteiger partial charge in [0, 0.05) is 38.8 Å². The molecule has 0 aromatic carbocycles. The van der Waals surface area contributed by atoms with Crippen LogP contribution in [0.25, 0.3) is 0 Å². The number of nitrogens with one attached hydrogen (secondary N) is 3. The minimum Gasteiger partial charge on any atom is -0.356 e. The van der Waals surface area contributed by atoms with E-state index in [9.17, 15) is 4.79 Å². The monoisotopic (exact) mass is 451 g/mol. The highest BCUT2D eigenvalue weighted by Crippen LogP contribution is 2.28. The molecule has 1 saturated carbocycles. The van der Waals surface area contributed by atoms with Crippen molar-refractivity contribution >= 4 is 47.4 Å². The predicted molar refractivity (Wildman–Crippen MR) is 103 cm³/mol. The number of hydrogen-bond acceptors (Lipinski definition) is 3. The number of pyridine rings is 1. The third kappa shape index (κ3) is 7.83. The minimum atomic E-state index is 0. The zero-order valence-corrected chi connectivity index (χ0v) is 16.2. The van der Waals surface area contributed by atoms with Crippen molar-refractivity contribution in [2.45, 2.75) is 19.3 Å². The van der Waals surface area contributed by atoms with E-state index in [2.05, 4.69) is 25.9 Å². The molecule has 1 heterocycles. The fraction of sp³-hybridized carbons (Fsp3) is 0.533. The first-order valence-electron chi connectivity index (χ1n) is 7.51. The van der Waals surface area contributed by atoms with E-state index >= 15 is 0 Å². The number of hydrogen-bond donors (Lipinski definition) is 3. The Bertz CT molecular complexity index is 519. The van der Waals surface area contributed by atoms with Crippen molar-refractivity contribution in [2.24, 2.45) is 10.9 Å². The van der Waals surface area contributed by atoms with Gasteiger partial charge in [-0.05, 0) is 30.9 Å². The van der Waals surface area contributed by atoms with Gasteiger partial charge in [-0.1, -0.05) is 17.7 Å². The van der Waals surface area contributed by atoms with Crippen molar-refractivity contribution in [3.63, 3.8) is 0 Å². The van der Waals surface area contributed by atoms with E-state index < -0.39 is 0 Å². The second-order valence-corrected chi connectivity index (χ2v) is 5.62. The summed E-state index contributed by atoms with van der Waals surface area (Å²) in [5.74, 6) is 1.15. The molecule has 0 radical (unpaired) electrons. The Balaban J connectivity index is 0.00000264. The van der Waals surface area contributed by atoms with E-state index in [-0.39, 0.29) is 35.8 Å². The van der Waals surface area contributed by atoms with Crippen molar-refractivity contribution < 1.29 is 4.79 Å². The molecule has 6 nitrogen and oxygen atoms in total. The Morgan fingerprint density at radius 1 is 1.26 bits per heavy atom. The molecule has 3 N–H and O–H groups in total. The Hall–Kier alpha value is -1.09. The van der Waals surface area contributed by atoms with Gasteiger partial charge < -0.3 is 16.0 Å². The Kier molecular flexibility index (Phi) is 9.23. The lowest BCUT2D eigenvalue weighted by molar-refractivity contribution is -0.122. The quantitative estimate of drug-likeness (QED) is 0.193. The second kappa shape index (κ2) is 10.6. The molecule has 128 valence electrons. The van der Waals surface area contributed by atoms with Crippen molar-refractivity contribution in [1.29, 1.82) is 0 Å². The Labute approximate surface area is 158 Å². The van der Waals surface area contributed by atoms with Crippen LogP contribution >= 0.6 is 35.6 Å². The van der Waals surface area contributed by atoms with Crippen molar-refractivity contribution in [3.05, 3.63) is 29.0 Å². The van der Waals surface area contributed by atoms with Crippen LogP contribution in [0.2, 0.25) is 5.15 Å². The number of aliphatic imine (C=N–C) groups is 1. The largest absolute Gasteiger partial charge is 0.356 e. The molecular formula is C15H23ClIN5O. The van der Waals surface area contributed by atoms with Crippen LogP contribution in [-0.2, 0) is 11.2 Å². The molecule has 1 aliphatic rings. The third-order valence-electron chi connectivity index (χ3n) is 3.38. The summed E-state index contributed by atoms with van der Waals surface area (Å²) < 4.78 is 0. The lowest BCUT2D eigenvalue weighted by Gasteiger charge is -2.12. The summed E-state index contributed by atoms with van der Waals surface area (Å²) in [6, 6.07) is 3.74. The molecule has 0 bridgehead atoms. The topological polar surface area (TPSA) is 78.4 Å². The number of amides is 1. The first-order valence-corrected chi connectivity index (χ1v) is 7.89. The van der Waals surface area contributed by atoms with E-state index in [0.717, 1.165) is 37.3 Å². The summed E-state index contributed by atoms with van der Waals surface area (Å²) >= 11 is 5.75. The van der Waals surface area contributed by atoms with Gasteiger partial charge in [0.05, 0.1) is 0 Å². The normalized spacial score (nSPS) is 13.9. The standard InChI is InChI=1S/C15H22ClN5O.HI/c1-17-15(20-9-8-18-14(22)12-3-4-12)19-7-6-11-2-5-13(16)21-10-11;/h2,5,10,12H,3-4,6-9H2,1H3,(H,18,22)(H2,17,19,20);1H. The number of rotatable bonds is 7. The minimum absolute atomic E-state index is 0. The van der Waals surface area contributed by atoms with E-state index in [1.165, 1.54) is 0 Å². The average molecular weight is 452 g/mol. The lowest BCUT2D eigenvalue weighted by Crippen LogP contribution is -2.42. The zero-order valence-electron chi connectivity index (χ0n) is 13.1. The molecule has 0 saturated heterocycles. The van der Waals surface area contributed by atoms with Crippen LogP contribution in [0.1, 0.15) is 18.4 Å². The first kappa shape index (κ1) is 20.0. The third-order valence-corrected chi connectivity index (χ3v) is 3.61. The molecule has 1 aliphatic carbocycles. The highest BCUT2D eigenvalue weighted by molar-refractivity contribution is 14.0. The van der Waals surface area contributed by atoms with Crippen molar-refractivity contribution in [2.75, 3.05) is 26.7 Å². The average Bonchev–Trinajstić information content (AvgIpc) is 3.36. The maximum Gasteiger partial charge on any atom is 0.223 e. The number of carbonyl (C=O) groups is 1. The van der Waals surface area contributed by atoms with Gasteiger partial charge in [0.25, 0.3) is 0 Å². The number of halogens is 2. The van der Waals surface area contributed by atoms with Gasteiger partial charge in [0.2, 0.25) is 5.91 Å². The molecule has 8 heteroatoms. The summed E-state index contributed by atoms with van der Waals surface area (Å²) in [6.07, 6.45) is 4.67. The molecule has 0 atom stereocenters. The summed E-state index contributed by atoms with van der Waals surface area (Å²) in [4.78, 5) is 19.7. The summed E-state index contributed by atoms with van der Waals surface area (Å²) in [5.41, 5.74) is 1.11. The number of guanidine groups is 1. The van der Waals surface area contributed by atoms with Crippen molar-refractivity contribution in [3.8, 4) is 0 Å². The van der Waals surface area contributed by atoms with Crippen LogP contribution in [0.15, 0.2) is 23.3 Å². The van der Waals surface area contributed by atoms with Crippen LogP contribution in [-0.4, -0.2) is 43.5 Å². The van der Waals surface area contributed by atoms with E-state index in [0.29, 0.717) is 18.2 Å². The second-order valence-electron chi connectivity index (χ2n) is 5.23. The lowest BCUT2D eigenvalue weighted by atomic mass is 10.2. The van der Waals surface area contributed by atoms with Gasteiger partial charge in [-0.2, -0.15) is 0 Å². The maximum absolute atomic E-state index is 11.5. The van der Waals surface area contributed by atoms with E-state index in [4.69, 9.17) is 11.6 Å². The highest BCUT2D eigenvalue weighted by Gasteiger charge is 2.28. The zero-order chi connectivity index (χ0) is 15.8. The van der Waals surface area contributed by atoms with Gasteiger partial charge in [0.15, 0.2) is 5.96 Å². The smallest absolute Gasteiger partial charge is 0.223 e. The molecule has 23 heavy (non-hydrogen) atoms. The van der Waals surface area contributed by atoms with Crippen LogP contribution < -0.4 is 16.0 Å².